The molecule has 0 aliphatic heterocycles. The Balaban J connectivity index is 1.68. The Bertz CT molecular complexity index is 751. The number of pyridine rings is 1. The second-order valence-corrected chi connectivity index (χ2v) is 4.51. The molecule has 0 amide bonds. The van der Waals surface area contributed by atoms with Gasteiger partial charge in [0.2, 0.25) is 0 Å². The standard InChI is InChI=1S/C16H14N4O2/c21-10-15-16(22-11-18-15)13-1-3-14(4-2-13)20-19-9-12-5-7-17-8-6-12/h1-9,11,20-21H,10H2. The molecule has 0 saturated heterocycles. The van der Waals surface area contributed by atoms with Gasteiger partial charge in [0.1, 0.15) is 5.69 Å². The van der Waals surface area contributed by atoms with Gasteiger partial charge in [0, 0.05) is 18.0 Å². The monoisotopic (exact) mass is 294 g/mol. The van der Waals surface area contributed by atoms with E-state index in [-0.39, 0.29) is 6.61 Å². The maximum absolute atomic E-state index is 9.19. The molecule has 0 fully saturated rings. The van der Waals surface area contributed by atoms with Crippen LogP contribution in [0.15, 0.2) is 64.7 Å². The lowest BCUT2D eigenvalue weighted by Crippen LogP contribution is -1.91. The van der Waals surface area contributed by atoms with Crippen molar-refractivity contribution >= 4 is 11.9 Å². The lowest BCUT2D eigenvalue weighted by molar-refractivity contribution is 0.277. The first kappa shape index (κ1) is 14.0. The molecule has 0 aliphatic carbocycles. The molecular weight excluding hydrogens is 280 g/mol. The SMILES string of the molecule is OCc1ncoc1-c1ccc(NN=Cc2ccncc2)cc1. The Morgan fingerprint density at radius 3 is 2.64 bits per heavy atom. The molecule has 0 unspecified atom stereocenters. The molecular formula is C16H14N4O2. The fraction of sp³-hybridized carbons (Fsp3) is 0.0625. The van der Waals surface area contributed by atoms with Crippen LogP contribution in [0.5, 0.6) is 0 Å². The lowest BCUT2D eigenvalue weighted by atomic mass is 10.1. The first-order valence-corrected chi connectivity index (χ1v) is 6.69. The summed E-state index contributed by atoms with van der Waals surface area (Å²) in [6.45, 7) is -0.151. The molecule has 2 aromatic heterocycles. The molecule has 1 aromatic carbocycles. The predicted octanol–water partition coefficient (Wildman–Crippen LogP) is 2.67. The van der Waals surface area contributed by atoms with Crippen molar-refractivity contribution in [2.75, 3.05) is 5.43 Å². The number of aromatic nitrogens is 2. The van der Waals surface area contributed by atoms with E-state index in [0.29, 0.717) is 11.5 Å². The molecule has 6 heteroatoms. The van der Waals surface area contributed by atoms with E-state index in [4.69, 9.17) is 4.42 Å². The smallest absolute Gasteiger partial charge is 0.181 e. The highest BCUT2D eigenvalue weighted by Crippen LogP contribution is 2.24. The van der Waals surface area contributed by atoms with E-state index in [1.807, 2.05) is 36.4 Å². The second-order valence-electron chi connectivity index (χ2n) is 4.51. The van der Waals surface area contributed by atoms with Crippen molar-refractivity contribution in [1.82, 2.24) is 9.97 Å². The van der Waals surface area contributed by atoms with Crippen LogP contribution in [0.4, 0.5) is 5.69 Å². The van der Waals surface area contributed by atoms with E-state index in [0.717, 1.165) is 16.8 Å². The number of hydrogen-bond donors (Lipinski definition) is 2. The van der Waals surface area contributed by atoms with Gasteiger partial charge < -0.3 is 9.52 Å². The minimum atomic E-state index is -0.151. The van der Waals surface area contributed by atoms with Gasteiger partial charge in [-0.1, -0.05) is 0 Å². The molecule has 22 heavy (non-hydrogen) atoms. The summed E-state index contributed by atoms with van der Waals surface area (Å²) < 4.78 is 5.29. The summed E-state index contributed by atoms with van der Waals surface area (Å²) in [7, 11) is 0. The van der Waals surface area contributed by atoms with Crippen LogP contribution >= 0.6 is 0 Å². The number of aliphatic hydroxyl groups is 1. The number of hydrazone groups is 1. The summed E-state index contributed by atoms with van der Waals surface area (Å²) in [5, 5.41) is 13.3. The Morgan fingerprint density at radius 2 is 1.91 bits per heavy atom. The van der Waals surface area contributed by atoms with Crippen molar-refractivity contribution in [3.8, 4) is 11.3 Å². The van der Waals surface area contributed by atoms with Crippen LogP contribution < -0.4 is 5.43 Å². The van der Waals surface area contributed by atoms with E-state index in [1.165, 1.54) is 6.39 Å². The molecule has 0 spiro atoms. The highest BCUT2D eigenvalue weighted by Gasteiger charge is 2.09. The Kier molecular flexibility index (Phi) is 4.22. The normalized spacial score (nSPS) is 11.0. The minimum absolute atomic E-state index is 0.151. The topological polar surface area (TPSA) is 83.5 Å². The summed E-state index contributed by atoms with van der Waals surface area (Å²) in [6.07, 6.45) is 6.47. The third kappa shape index (κ3) is 3.18. The number of nitrogens with zero attached hydrogens (tertiary/aromatic N) is 3. The number of aliphatic hydroxyl groups excluding tert-OH is 1. The van der Waals surface area contributed by atoms with E-state index in [1.54, 1.807) is 18.6 Å². The summed E-state index contributed by atoms with van der Waals surface area (Å²) in [5.74, 6) is 0.578. The van der Waals surface area contributed by atoms with Crippen LogP contribution in [0.25, 0.3) is 11.3 Å². The average Bonchev–Trinajstić information content (AvgIpc) is 3.05. The van der Waals surface area contributed by atoms with Gasteiger partial charge in [-0.2, -0.15) is 5.10 Å². The third-order valence-corrected chi connectivity index (χ3v) is 3.05. The third-order valence-electron chi connectivity index (χ3n) is 3.05. The molecule has 2 N–H and O–H groups in total. The summed E-state index contributed by atoms with van der Waals surface area (Å²) in [6, 6.07) is 11.3. The van der Waals surface area contributed by atoms with E-state index in [9.17, 15) is 5.11 Å². The van der Waals surface area contributed by atoms with E-state index >= 15 is 0 Å². The van der Waals surface area contributed by atoms with Crippen LogP contribution in [0.2, 0.25) is 0 Å². The molecule has 3 rings (SSSR count). The van der Waals surface area contributed by atoms with Gasteiger partial charge in [-0.05, 0) is 42.0 Å². The number of hydrogen-bond acceptors (Lipinski definition) is 6. The molecule has 110 valence electrons. The highest BCUT2D eigenvalue weighted by molar-refractivity contribution is 5.79. The predicted molar refractivity (Wildman–Crippen MR) is 83.3 cm³/mol. The second kappa shape index (κ2) is 6.64. The fourth-order valence-corrected chi connectivity index (χ4v) is 1.94. The lowest BCUT2D eigenvalue weighted by Gasteiger charge is -2.02. The molecule has 6 nitrogen and oxygen atoms in total. The Hall–Kier alpha value is -2.99. The van der Waals surface area contributed by atoms with E-state index in [2.05, 4.69) is 20.5 Å². The molecule has 0 radical (unpaired) electrons. The van der Waals surface area contributed by atoms with Crippen molar-refractivity contribution in [3.63, 3.8) is 0 Å². The minimum Gasteiger partial charge on any atom is -0.443 e. The maximum Gasteiger partial charge on any atom is 0.181 e. The number of benzene rings is 1. The van der Waals surface area contributed by atoms with Crippen molar-refractivity contribution in [2.45, 2.75) is 6.61 Å². The van der Waals surface area contributed by atoms with Gasteiger partial charge in [-0.3, -0.25) is 10.4 Å². The maximum atomic E-state index is 9.19. The van der Waals surface area contributed by atoms with E-state index < -0.39 is 0 Å². The zero-order chi connectivity index (χ0) is 15.2. The molecule has 0 saturated carbocycles. The van der Waals surface area contributed by atoms with Gasteiger partial charge in [0.05, 0.1) is 18.5 Å². The molecule has 0 atom stereocenters. The van der Waals surface area contributed by atoms with Gasteiger partial charge in [0.15, 0.2) is 12.2 Å². The van der Waals surface area contributed by atoms with Gasteiger partial charge >= 0.3 is 0 Å². The zero-order valence-corrected chi connectivity index (χ0v) is 11.7. The largest absolute Gasteiger partial charge is 0.443 e. The van der Waals surface area contributed by atoms with Gasteiger partial charge in [-0.15, -0.1) is 0 Å². The summed E-state index contributed by atoms with van der Waals surface area (Å²) in [5.41, 5.74) is 6.14. The van der Waals surface area contributed by atoms with Crippen molar-refractivity contribution in [2.24, 2.45) is 5.10 Å². The molecule has 0 bridgehead atoms. The van der Waals surface area contributed by atoms with Crippen LogP contribution in [0, 0.1) is 0 Å². The van der Waals surface area contributed by atoms with Crippen LogP contribution in [0.1, 0.15) is 11.3 Å². The summed E-state index contributed by atoms with van der Waals surface area (Å²) in [4.78, 5) is 7.90. The number of rotatable bonds is 5. The number of nitrogens with one attached hydrogen (secondary N) is 1. The Morgan fingerprint density at radius 1 is 1.14 bits per heavy atom. The zero-order valence-electron chi connectivity index (χ0n) is 11.7. The van der Waals surface area contributed by atoms with Gasteiger partial charge in [-0.25, -0.2) is 4.98 Å². The van der Waals surface area contributed by atoms with Crippen molar-refractivity contribution < 1.29 is 9.52 Å². The van der Waals surface area contributed by atoms with Gasteiger partial charge in [0.25, 0.3) is 0 Å². The Labute approximate surface area is 127 Å². The van der Waals surface area contributed by atoms with Crippen molar-refractivity contribution in [3.05, 3.63) is 66.4 Å². The molecule has 2 heterocycles. The average molecular weight is 294 g/mol. The number of oxazole rings is 1. The fourth-order valence-electron chi connectivity index (χ4n) is 1.94. The first-order chi connectivity index (χ1) is 10.9. The number of anilines is 1. The highest BCUT2D eigenvalue weighted by atomic mass is 16.3. The first-order valence-electron chi connectivity index (χ1n) is 6.69. The summed E-state index contributed by atoms with van der Waals surface area (Å²) >= 11 is 0. The quantitative estimate of drug-likeness (QED) is 0.558. The molecule has 3 aromatic rings. The van der Waals surface area contributed by atoms with Crippen LogP contribution in [0.3, 0.4) is 0 Å². The van der Waals surface area contributed by atoms with Crippen molar-refractivity contribution in [1.29, 1.82) is 0 Å². The molecule has 0 aliphatic rings. The van der Waals surface area contributed by atoms with Crippen LogP contribution in [-0.4, -0.2) is 21.3 Å². The van der Waals surface area contributed by atoms with Crippen LogP contribution in [-0.2, 0) is 6.61 Å².